The first-order valence-electron chi connectivity index (χ1n) is 5.39. The normalized spacial score (nSPS) is 12.2. The van der Waals surface area contributed by atoms with Crippen LogP contribution in [-0.2, 0) is 4.79 Å². The van der Waals surface area contributed by atoms with Gasteiger partial charge in [-0.05, 0) is 33.5 Å². The van der Waals surface area contributed by atoms with Gasteiger partial charge in [0.25, 0.3) is 0 Å². The minimum Gasteiger partial charge on any atom is -0.480 e. The van der Waals surface area contributed by atoms with Crippen molar-refractivity contribution in [1.29, 1.82) is 0 Å². The van der Waals surface area contributed by atoms with Crippen LogP contribution in [-0.4, -0.2) is 55.2 Å². The fourth-order valence-corrected chi connectivity index (χ4v) is 1.14. The summed E-state index contributed by atoms with van der Waals surface area (Å²) < 4.78 is 0. The maximum atomic E-state index is 11.3. The maximum Gasteiger partial charge on any atom is 0.326 e. The zero-order chi connectivity index (χ0) is 12.6. The van der Waals surface area contributed by atoms with E-state index in [-0.39, 0.29) is 0 Å². The molecule has 6 heteroatoms. The van der Waals surface area contributed by atoms with Crippen molar-refractivity contribution in [2.45, 2.75) is 25.8 Å². The third-order valence-corrected chi connectivity index (χ3v) is 2.08. The summed E-state index contributed by atoms with van der Waals surface area (Å²) in [5, 5.41) is 13.7. The Morgan fingerprint density at radius 2 is 2.00 bits per heavy atom. The molecule has 1 unspecified atom stereocenters. The van der Waals surface area contributed by atoms with Gasteiger partial charge in [0.1, 0.15) is 6.04 Å². The molecule has 6 nitrogen and oxygen atoms in total. The Labute approximate surface area is 96.0 Å². The number of carbonyl (C=O) groups is 2. The molecule has 0 saturated heterocycles. The maximum absolute atomic E-state index is 11.3. The molecule has 1 atom stereocenters. The van der Waals surface area contributed by atoms with Gasteiger partial charge < -0.3 is 20.6 Å². The molecule has 0 aliphatic rings. The minimum absolute atomic E-state index is 0.375. The third kappa shape index (κ3) is 7.05. The van der Waals surface area contributed by atoms with Gasteiger partial charge in [0, 0.05) is 6.54 Å². The van der Waals surface area contributed by atoms with Crippen molar-refractivity contribution in [3.05, 3.63) is 0 Å². The first kappa shape index (κ1) is 14.7. The first-order valence-corrected chi connectivity index (χ1v) is 5.39. The van der Waals surface area contributed by atoms with Gasteiger partial charge in [0.15, 0.2) is 0 Å². The minimum atomic E-state index is -1.01. The second-order valence-electron chi connectivity index (χ2n) is 3.86. The summed E-state index contributed by atoms with van der Waals surface area (Å²) in [5.41, 5.74) is 0. The first-order chi connectivity index (χ1) is 7.47. The summed E-state index contributed by atoms with van der Waals surface area (Å²) >= 11 is 0. The third-order valence-electron chi connectivity index (χ3n) is 2.08. The molecule has 16 heavy (non-hydrogen) atoms. The number of carboxylic acid groups (broad SMARTS) is 1. The van der Waals surface area contributed by atoms with Crippen LogP contribution in [0.15, 0.2) is 0 Å². The van der Waals surface area contributed by atoms with Crippen molar-refractivity contribution in [1.82, 2.24) is 15.5 Å². The van der Waals surface area contributed by atoms with E-state index in [9.17, 15) is 9.59 Å². The highest BCUT2D eigenvalue weighted by Crippen LogP contribution is 1.90. The molecule has 0 aromatic carbocycles. The predicted molar refractivity (Wildman–Crippen MR) is 61.4 cm³/mol. The lowest BCUT2D eigenvalue weighted by molar-refractivity contribution is -0.139. The van der Waals surface area contributed by atoms with Crippen LogP contribution in [0.5, 0.6) is 0 Å². The number of amides is 2. The van der Waals surface area contributed by atoms with E-state index in [1.807, 2.05) is 19.0 Å². The molecule has 0 aliphatic carbocycles. The summed E-state index contributed by atoms with van der Waals surface area (Å²) in [4.78, 5) is 23.9. The quantitative estimate of drug-likeness (QED) is 0.543. The summed E-state index contributed by atoms with van der Waals surface area (Å²) in [7, 11) is 3.91. The molecule has 0 rings (SSSR count). The Kier molecular flexibility index (Phi) is 7.28. The van der Waals surface area contributed by atoms with E-state index >= 15 is 0 Å². The van der Waals surface area contributed by atoms with Crippen LogP contribution >= 0.6 is 0 Å². The van der Waals surface area contributed by atoms with Gasteiger partial charge in [0.05, 0.1) is 0 Å². The molecule has 0 aromatic rings. The second kappa shape index (κ2) is 7.92. The van der Waals surface area contributed by atoms with Crippen molar-refractivity contribution in [3.8, 4) is 0 Å². The number of hydrogen-bond donors (Lipinski definition) is 3. The number of nitrogens with zero attached hydrogens (tertiary/aromatic N) is 1. The Morgan fingerprint density at radius 3 is 2.44 bits per heavy atom. The molecule has 94 valence electrons. The molecule has 0 saturated carbocycles. The Balaban J connectivity index is 3.69. The lowest BCUT2D eigenvalue weighted by atomic mass is 10.2. The lowest BCUT2D eigenvalue weighted by Crippen LogP contribution is -2.46. The van der Waals surface area contributed by atoms with Crippen molar-refractivity contribution in [2.24, 2.45) is 0 Å². The average molecular weight is 231 g/mol. The number of aliphatic carboxylic acids is 1. The number of rotatable bonds is 7. The van der Waals surface area contributed by atoms with Crippen LogP contribution in [0.4, 0.5) is 4.79 Å². The molecule has 0 bridgehead atoms. The van der Waals surface area contributed by atoms with Gasteiger partial charge in [-0.2, -0.15) is 0 Å². The fraction of sp³-hybridized carbons (Fsp3) is 0.800. The molecule has 0 radical (unpaired) electrons. The lowest BCUT2D eigenvalue weighted by Gasteiger charge is -2.14. The number of carboxylic acids is 1. The van der Waals surface area contributed by atoms with Crippen LogP contribution in [0.2, 0.25) is 0 Å². The summed E-state index contributed by atoms with van der Waals surface area (Å²) in [6, 6.07) is -1.23. The van der Waals surface area contributed by atoms with E-state index in [1.54, 1.807) is 6.92 Å². The highest BCUT2D eigenvalue weighted by molar-refractivity contribution is 5.82. The molecule has 3 N–H and O–H groups in total. The standard InChI is InChI=1S/C10H21N3O3/c1-4-8(9(14)15)12-10(16)11-6-5-7-13(2)3/h8H,4-7H2,1-3H3,(H,14,15)(H2,11,12,16). The Morgan fingerprint density at radius 1 is 1.38 bits per heavy atom. The zero-order valence-electron chi connectivity index (χ0n) is 10.1. The van der Waals surface area contributed by atoms with E-state index in [1.165, 1.54) is 0 Å². The van der Waals surface area contributed by atoms with E-state index in [0.717, 1.165) is 13.0 Å². The van der Waals surface area contributed by atoms with Crippen molar-refractivity contribution < 1.29 is 14.7 Å². The second-order valence-corrected chi connectivity index (χ2v) is 3.86. The SMILES string of the molecule is CCC(NC(=O)NCCCN(C)C)C(=O)O. The van der Waals surface area contributed by atoms with Crippen LogP contribution < -0.4 is 10.6 Å². The van der Waals surface area contributed by atoms with E-state index in [2.05, 4.69) is 10.6 Å². The van der Waals surface area contributed by atoms with Gasteiger partial charge >= 0.3 is 12.0 Å². The van der Waals surface area contributed by atoms with Gasteiger partial charge in [-0.15, -0.1) is 0 Å². The number of urea groups is 1. The molecule has 0 aromatic heterocycles. The van der Waals surface area contributed by atoms with Crippen LogP contribution in [0.1, 0.15) is 19.8 Å². The molecule has 0 fully saturated rings. The molecular weight excluding hydrogens is 210 g/mol. The van der Waals surface area contributed by atoms with Crippen LogP contribution in [0, 0.1) is 0 Å². The monoisotopic (exact) mass is 231 g/mol. The van der Waals surface area contributed by atoms with Crippen molar-refractivity contribution in [3.63, 3.8) is 0 Å². The smallest absolute Gasteiger partial charge is 0.326 e. The Hall–Kier alpha value is -1.30. The summed E-state index contributed by atoms with van der Waals surface area (Å²) in [6.07, 6.45) is 1.21. The van der Waals surface area contributed by atoms with Gasteiger partial charge in [-0.1, -0.05) is 6.92 Å². The van der Waals surface area contributed by atoms with E-state index < -0.39 is 18.0 Å². The molecule has 2 amide bonds. The summed E-state index contributed by atoms with van der Waals surface area (Å²) in [6.45, 7) is 3.14. The van der Waals surface area contributed by atoms with E-state index in [0.29, 0.717) is 13.0 Å². The summed E-state index contributed by atoms with van der Waals surface area (Å²) in [5.74, 6) is -1.01. The van der Waals surface area contributed by atoms with Crippen molar-refractivity contribution >= 4 is 12.0 Å². The largest absolute Gasteiger partial charge is 0.480 e. The molecule has 0 heterocycles. The molecular formula is C10H21N3O3. The highest BCUT2D eigenvalue weighted by Gasteiger charge is 2.16. The molecule has 0 spiro atoms. The van der Waals surface area contributed by atoms with Gasteiger partial charge in [-0.25, -0.2) is 9.59 Å². The molecule has 0 aliphatic heterocycles. The van der Waals surface area contributed by atoms with Gasteiger partial charge in [-0.3, -0.25) is 0 Å². The van der Waals surface area contributed by atoms with Gasteiger partial charge in [0.2, 0.25) is 0 Å². The average Bonchev–Trinajstić information content (AvgIpc) is 2.20. The van der Waals surface area contributed by atoms with Crippen molar-refractivity contribution in [2.75, 3.05) is 27.2 Å². The van der Waals surface area contributed by atoms with Crippen LogP contribution in [0.3, 0.4) is 0 Å². The number of nitrogens with one attached hydrogen (secondary N) is 2. The number of hydrogen-bond acceptors (Lipinski definition) is 3. The zero-order valence-corrected chi connectivity index (χ0v) is 10.1. The Bertz CT molecular complexity index is 231. The van der Waals surface area contributed by atoms with E-state index in [4.69, 9.17) is 5.11 Å². The predicted octanol–water partition coefficient (Wildman–Crippen LogP) is 0.101. The topological polar surface area (TPSA) is 81.7 Å². The number of carbonyl (C=O) groups excluding carboxylic acids is 1. The highest BCUT2D eigenvalue weighted by atomic mass is 16.4. The fourth-order valence-electron chi connectivity index (χ4n) is 1.14. The van der Waals surface area contributed by atoms with Crippen LogP contribution in [0.25, 0.3) is 0 Å².